The molecule has 0 unspecified atom stereocenters. The summed E-state index contributed by atoms with van der Waals surface area (Å²) in [6, 6.07) is 4.76. The number of fused-ring (bicyclic) bond motifs is 4. The molecule has 0 aliphatic carbocycles. The molecule has 0 bridgehead atoms. The molecule has 8 heteroatoms. The molecule has 3 heterocycles. The average molecular weight is 501 g/mol. The fourth-order valence-corrected chi connectivity index (χ4v) is 6.91. The zero-order chi connectivity index (χ0) is 22.7. The van der Waals surface area contributed by atoms with Gasteiger partial charge in [0, 0.05) is 31.7 Å². The second-order valence-electron chi connectivity index (χ2n) is 9.74. The van der Waals surface area contributed by atoms with Gasteiger partial charge in [-0.15, -0.1) is 12.4 Å². The van der Waals surface area contributed by atoms with Crippen LogP contribution in [-0.2, 0) is 16.4 Å². The number of rotatable bonds is 9. The van der Waals surface area contributed by atoms with Gasteiger partial charge in [-0.25, -0.2) is 8.42 Å². The Hall–Kier alpha value is -1.02. The van der Waals surface area contributed by atoms with E-state index in [1.54, 1.807) is 4.31 Å². The van der Waals surface area contributed by atoms with Crippen LogP contribution in [0.3, 0.4) is 0 Å². The Morgan fingerprint density at radius 1 is 1.03 bits per heavy atom. The van der Waals surface area contributed by atoms with E-state index in [0.29, 0.717) is 25.7 Å². The van der Waals surface area contributed by atoms with Crippen LogP contribution < -0.4 is 9.47 Å². The highest BCUT2D eigenvalue weighted by Crippen LogP contribution is 2.46. The summed E-state index contributed by atoms with van der Waals surface area (Å²) < 4.78 is 39.1. The minimum absolute atomic E-state index is 0. The van der Waals surface area contributed by atoms with Gasteiger partial charge in [0.25, 0.3) is 0 Å². The van der Waals surface area contributed by atoms with Crippen LogP contribution in [0.15, 0.2) is 12.1 Å². The number of hydrogen-bond acceptors (Lipinski definition) is 5. The van der Waals surface area contributed by atoms with Crippen molar-refractivity contribution in [2.75, 3.05) is 39.1 Å². The highest BCUT2D eigenvalue weighted by molar-refractivity contribution is 7.88. The molecule has 1 aromatic rings. The van der Waals surface area contributed by atoms with Crippen molar-refractivity contribution in [2.24, 2.45) is 5.92 Å². The first-order chi connectivity index (χ1) is 15.4. The third kappa shape index (κ3) is 5.98. The molecule has 1 aromatic carbocycles. The molecule has 0 N–H and O–H groups in total. The molecular formula is C25H41ClN2O4S. The molecule has 2 fully saturated rings. The summed E-state index contributed by atoms with van der Waals surface area (Å²) in [5, 5.41) is 0. The van der Waals surface area contributed by atoms with Crippen molar-refractivity contribution < 1.29 is 17.9 Å². The monoisotopic (exact) mass is 500 g/mol. The van der Waals surface area contributed by atoms with Crippen molar-refractivity contribution in [3.05, 3.63) is 23.3 Å². The van der Waals surface area contributed by atoms with Crippen molar-refractivity contribution in [3.63, 3.8) is 0 Å². The standard InChI is InChI=1S/C25H40N2O4S.ClH/c1-4-6-13-30-24-15-19-10-12-26-18-20-9-8-11-27(32(3,28)29)22(20)17-23(26)21(19)16-25(24)31-14-7-5-2;/h15-16,20,22-23H,4-14,17-18H2,1-3H3;1H/t20-,22+,23+;/m1./s1. The lowest BCUT2D eigenvalue weighted by atomic mass is 9.77. The Kier molecular flexibility index (Phi) is 9.35. The third-order valence-corrected chi connectivity index (χ3v) is 8.72. The molecule has 0 saturated carbocycles. The van der Waals surface area contributed by atoms with E-state index in [2.05, 4.69) is 30.9 Å². The summed E-state index contributed by atoms with van der Waals surface area (Å²) in [5.74, 6) is 2.15. The van der Waals surface area contributed by atoms with Crippen LogP contribution in [0.1, 0.15) is 76.0 Å². The van der Waals surface area contributed by atoms with E-state index in [-0.39, 0.29) is 24.5 Å². The summed E-state index contributed by atoms with van der Waals surface area (Å²) in [7, 11) is -3.18. The van der Waals surface area contributed by atoms with Crippen LogP contribution in [0.2, 0.25) is 0 Å². The van der Waals surface area contributed by atoms with Crippen LogP contribution in [-0.4, -0.2) is 62.8 Å². The van der Waals surface area contributed by atoms with Crippen molar-refractivity contribution in [1.82, 2.24) is 9.21 Å². The number of hydrogen-bond donors (Lipinski definition) is 0. The Morgan fingerprint density at radius 3 is 2.33 bits per heavy atom. The van der Waals surface area contributed by atoms with E-state index >= 15 is 0 Å². The van der Waals surface area contributed by atoms with Crippen molar-refractivity contribution in [3.8, 4) is 11.5 Å². The van der Waals surface area contributed by atoms with E-state index < -0.39 is 10.0 Å². The Balaban J connectivity index is 0.00000306. The van der Waals surface area contributed by atoms with Crippen LogP contribution in [0.5, 0.6) is 11.5 Å². The number of ether oxygens (including phenoxy) is 2. The molecule has 0 aromatic heterocycles. The number of piperidine rings is 2. The fraction of sp³-hybridized carbons (Fsp3) is 0.760. The number of nitrogens with zero attached hydrogens (tertiary/aromatic N) is 2. The molecule has 6 nitrogen and oxygen atoms in total. The molecule has 3 aliphatic heterocycles. The smallest absolute Gasteiger partial charge is 0.211 e. The number of benzene rings is 1. The fourth-order valence-electron chi connectivity index (χ4n) is 5.70. The van der Waals surface area contributed by atoms with Gasteiger partial charge in [-0.2, -0.15) is 4.31 Å². The predicted octanol–water partition coefficient (Wildman–Crippen LogP) is 4.81. The van der Waals surface area contributed by atoms with Crippen LogP contribution in [0.4, 0.5) is 0 Å². The molecule has 3 atom stereocenters. The maximum atomic E-state index is 12.5. The van der Waals surface area contributed by atoms with Crippen molar-refractivity contribution >= 4 is 22.4 Å². The number of unbranched alkanes of at least 4 members (excludes halogenated alkanes) is 2. The number of sulfonamides is 1. The largest absolute Gasteiger partial charge is 0.490 e. The van der Waals surface area contributed by atoms with Crippen LogP contribution in [0.25, 0.3) is 0 Å². The third-order valence-electron chi connectivity index (χ3n) is 7.41. The SMILES string of the molecule is CCCCOc1cc2c(cc1OCCCC)[C@@H]1C[C@H]3[C@H](CCCN3S(C)(=O)=O)CN1CC2.Cl. The maximum absolute atomic E-state index is 12.5. The van der Waals surface area contributed by atoms with Gasteiger partial charge in [0.2, 0.25) is 10.0 Å². The summed E-state index contributed by atoms with van der Waals surface area (Å²) in [5.41, 5.74) is 2.64. The normalized spacial score (nSPS) is 25.4. The predicted molar refractivity (Wildman–Crippen MR) is 135 cm³/mol. The number of halogens is 1. The lowest BCUT2D eigenvalue weighted by molar-refractivity contribution is 0.0220. The Bertz CT molecular complexity index is 895. The zero-order valence-corrected chi connectivity index (χ0v) is 22.1. The molecule has 188 valence electrons. The van der Waals surface area contributed by atoms with E-state index in [1.165, 1.54) is 17.4 Å². The highest BCUT2D eigenvalue weighted by Gasteiger charge is 2.45. The van der Waals surface area contributed by atoms with Gasteiger partial charge in [-0.3, -0.25) is 4.90 Å². The molecule has 0 amide bonds. The minimum atomic E-state index is -3.18. The maximum Gasteiger partial charge on any atom is 0.211 e. The van der Waals surface area contributed by atoms with Gasteiger partial charge in [0.05, 0.1) is 19.5 Å². The quantitative estimate of drug-likeness (QED) is 0.455. The van der Waals surface area contributed by atoms with Gasteiger partial charge >= 0.3 is 0 Å². The first-order valence-corrected chi connectivity index (χ1v) is 14.4. The second-order valence-corrected chi connectivity index (χ2v) is 11.7. The zero-order valence-electron chi connectivity index (χ0n) is 20.4. The van der Waals surface area contributed by atoms with E-state index in [4.69, 9.17) is 9.47 Å². The summed E-state index contributed by atoms with van der Waals surface area (Å²) in [6.07, 6.45) is 9.61. The molecule has 0 radical (unpaired) electrons. The molecule has 2 saturated heterocycles. The van der Waals surface area contributed by atoms with E-state index in [9.17, 15) is 8.42 Å². The highest BCUT2D eigenvalue weighted by atomic mass is 35.5. The van der Waals surface area contributed by atoms with Gasteiger partial charge in [-0.05, 0) is 67.7 Å². The lowest BCUT2D eigenvalue weighted by Gasteiger charge is -2.51. The molecule has 4 rings (SSSR count). The lowest BCUT2D eigenvalue weighted by Crippen LogP contribution is -2.57. The van der Waals surface area contributed by atoms with Crippen LogP contribution >= 0.6 is 12.4 Å². The van der Waals surface area contributed by atoms with Crippen LogP contribution in [0, 0.1) is 5.92 Å². The molecule has 33 heavy (non-hydrogen) atoms. The Labute approximate surface area is 206 Å². The second kappa shape index (κ2) is 11.6. The van der Waals surface area contributed by atoms with Gasteiger partial charge in [0.15, 0.2) is 11.5 Å². The van der Waals surface area contributed by atoms with Crippen molar-refractivity contribution in [1.29, 1.82) is 0 Å². The van der Waals surface area contributed by atoms with Gasteiger partial charge < -0.3 is 9.47 Å². The first-order valence-electron chi connectivity index (χ1n) is 12.6. The minimum Gasteiger partial charge on any atom is -0.490 e. The summed E-state index contributed by atoms with van der Waals surface area (Å²) in [6.45, 7) is 8.43. The molecule has 0 spiro atoms. The summed E-state index contributed by atoms with van der Waals surface area (Å²) in [4.78, 5) is 2.59. The van der Waals surface area contributed by atoms with E-state index in [1.807, 2.05) is 0 Å². The van der Waals surface area contributed by atoms with E-state index in [0.717, 1.165) is 76.0 Å². The van der Waals surface area contributed by atoms with Crippen molar-refractivity contribution in [2.45, 2.75) is 77.3 Å². The van der Waals surface area contributed by atoms with Gasteiger partial charge in [-0.1, -0.05) is 26.7 Å². The topological polar surface area (TPSA) is 59.1 Å². The molecule has 3 aliphatic rings. The summed E-state index contributed by atoms with van der Waals surface area (Å²) >= 11 is 0. The Morgan fingerprint density at radius 2 is 1.70 bits per heavy atom. The molecular weight excluding hydrogens is 460 g/mol. The van der Waals surface area contributed by atoms with Gasteiger partial charge in [0.1, 0.15) is 0 Å². The average Bonchev–Trinajstić information content (AvgIpc) is 2.77. The first kappa shape index (κ1) is 26.6.